The molecule has 2 amide bonds. The summed E-state index contributed by atoms with van der Waals surface area (Å²) in [5.41, 5.74) is 0.868. The van der Waals surface area contributed by atoms with Gasteiger partial charge in [-0.15, -0.1) is 0 Å². The second kappa shape index (κ2) is 7.34. The molecule has 0 atom stereocenters. The van der Waals surface area contributed by atoms with Gasteiger partial charge in [-0.05, 0) is 48.9 Å². The second-order valence-electron chi connectivity index (χ2n) is 6.00. The normalized spacial score (nSPS) is 14.9. The van der Waals surface area contributed by atoms with E-state index in [0.29, 0.717) is 43.7 Å². The molecule has 0 radical (unpaired) electrons. The highest BCUT2D eigenvalue weighted by Gasteiger charge is 2.23. The molecule has 1 N–H and O–H groups in total. The highest BCUT2D eigenvalue weighted by molar-refractivity contribution is 5.95. The number of benzene rings is 2. The zero-order valence-corrected chi connectivity index (χ0v) is 13.7. The summed E-state index contributed by atoms with van der Waals surface area (Å²) in [7, 11) is 0. The Bertz CT molecular complexity index is 776. The Labute approximate surface area is 145 Å². The Kier molecular flexibility index (Phi) is 4.97. The Hall–Kier alpha value is -2.89. The first kappa shape index (κ1) is 17.0. The fraction of sp³-hybridized carbons (Fsp3) is 0.263. The third-order valence-electron chi connectivity index (χ3n) is 4.25. The lowest BCUT2D eigenvalue weighted by atomic mass is 10.2. The highest BCUT2D eigenvalue weighted by Crippen LogP contribution is 2.15. The summed E-state index contributed by atoms with van der Waals surface area (Å²) < 4.78 is 13.0. The largest absolute Gasteiger partial charge is 0.508 e. The van der Waals surface area contributed by atoms with Crippen molar-refractivity contribution in [3.63, 3.8) is 0 Å². The van der Waals surface area contributed by atoms with Crippen molar-refractivity contribution in [2.75, 3.05) is 26.2 Å². The predicted octanol–water partition coefficient (Wildman–Crippen LogP) is 2.52. The molecule has 0 aliphatic carbocycles. The molecule has 25 heavy (non-hydrogen) atoms. The van der Waals surface area contributed by atoms with Crippen molar-refractivity contribution in [2.45, 2.75) is 6.42 Å². The van der Waals surface area contributed by atoms with Gasteiger partial charge >= 0.3 is 0 Å². The number of aromatic hydroxyl groups is 1. The standard InChI is InChI=1S/C19H19FN2O3/c20-16-7-5-14(6-8-16)18(24)21-9-2-10-22(12-11-21)19(25)15-3-1-4-17(23)13-15/h1,3-8,13,23H,2,9-12H2. The molecule has 0 spiro atoms. The third-order valence-corrected chi connectivity index (χ3v) is 4.25. The molecule has 5 nitrogen and oxygen atoms in total. The van der Waals surface area contributed by atoms with Crippen LogP contribution in [0.3, 0.4) is 0 Å². The molecule has 1 aliphatic rings. The number of phenolic OH excluding ortho intramolecular Hbond substituents is 1. The Morgan fingerprint density at radius 1 is 0.840 bits per heavy atom. The van der Waals surface area contributed by atoms with E-state index in [4.69, 9.17) is 0 Å². The van der Waals surface area contributed by atoms with Gasteiger partial charge in [0.1, 0.15) is 11.6 Å². The maximum atomic E-state index is 13.0. The van der Waals surface area contributed by atoms with Crippen molar-refractivity contribution in [3.8, 4) is 5.75 Å². The van der Waals surface area contributed by atoms with E-state index in [9.17, 15) is 19.1 Å². The molecule has 1 saturated heterocycles. The lowest BCUT2D eigenvalue weighted by Crippen LogP contribution is -2.37. The van der Waals surface area contributed by atoms with Crippen LogP contribution >= 0.6 is 0 Å². The number of phenols is 1. The first-order valence-electron chi connectivity index (χ1n) is 8.18. The number of halogens is 1. The number of nitrogens with zero attached hydrogens (tertiary/aromatic N) is 2. The zero-order valence-electron chi connectivity index (χ0n) is 13.7. The van der Waals surface area contributed by atoms with Crippen LogP contribution in [0.15, 0.2) is 48.5 Å². The summed E-state index contributed by atoms with van der Waals surface area (Å²) in [6.07, 6.45) is 0.664. The molecular weight excluding hydrogens is 323 g/mol. The van der Waals surface area contributed by atoms with Gasteiger partial charge in [-0.25, -0.2) is 4.39 Å². The summed E-state index contributed by atoms with van der Waals surface area (Å²) in [6.45, 7) is 1.92. The van der Waals surface area contributed by atoms with E-state index in [1.54, 1.807) is 21.9 Å². The van der Waals surface area contributed by atoms with E-state index in [-0.39, 0.29) is 23.4 Å². The van der Waals surface area contributed by atoms with E-state index >= 15 is 0 Å². The zero-order chi connectivity index (χ0) is 17.8. The SMILES string of the molecule is O=C(c1ccc(F)cc1)N1CCCN(C(=O)c2cccc(O)c2)CC1. The van der Waals surface area contributed by atoms with E-state index in [2.05, 4.69) is 0 Å². The van der Waals surface area contributed by atoms with Crippen LogP contribution in [0.2, 0.25) is 0 Å². The minimum atomic E-state index is -0.379. The van der Waals surface area contributed by atoms with Crippen LogP contribution in [0.5, 0.6) is 5.75 Å². The minimum absolute atomic E-state index is 0.0498. The van der Waals surface area contributed by atoms with Gasteiger partial charge in [-0.2, -0.15) is 0 Å². The van der Waals surface area contributed by atoms with Crippen LogP contribution in [0.4, 0.5) is 4.39 Å². The van der Waals surface area contributed by atoms with Gasteiger partial charge < -0.3 is 14.9 Å². The summed E-state index contributed by atoms with van der Waals surface area (Å²) in [5, 5.41) is 9.53. The number of carbonyl (C=O) groups is 2. The van der Waals surface area contributed by atoms with Gasteiger partial charge in [0.05, 0.1) is 0 Å². The van der Waals surface area contributed by atoms with Crippen molar-refractivity contribution >= 4 is 11.8 Å². The van der Waals surface area contributed by atoms with Crippen molar-refractivity contribution in [1.29, 1.82) is 0 Å². The Morgan fingerprint density at radius 3 is 2.04 bits per heavy atom. The second-order valence-corrected chi connectivity index (χ2v) is 6.00. The molecule has 0 unspecified atom stereocenters. The van der Waals surface area contributed by atoms with Gasteiger partial charge in [0, 0.05) is 37.3 Å². The van der Waals surface area contributed by atoms with E-state index in [0.717, 1.165) is 0 Å². The lowest BCUT2D eigenvalue weighted by Gasteiger charge is -2.22. The van der Waals surface area contributed by atoms with Gasteiger partial charge in [0.15, 0.2) is 0 Å². The Morgan fingerprint density at radius 2 is 1.44 bits per heavy atom. The maximum absolute atomic E-state index is 13.0. The highest BCUT2D eigenvalue weighted by atomic mass is 19.1. The van der Waals surface area contributed by atoms with Crippen molar-refractivity contribution in [1.82, 2.24) is 9.80 Å². The summed E-state index contributed by atoms with van der Waals surface area (Å²) in [4.78, 5) is 28.5. The molecule has 0 bridgehead atoms. The van der Waals surface area contributed by atoms with E-state index in [1.807, 2.05) is 0 Å². The van der Waals surface area contributed by atoms with Crippen LogP contribution in [-0.2, 0) is 0 Å². The molecule has 1 aliphatic heterocycles. The van der Waals surface area contributed by atoms with Gasteiger partial charge in [-0.1, -0.05) is 6.07 Å². The molecule has 0 aromatic heterocycles. The number of carbonyl (C=O) groups excluding carboxylic acids is 2. The first-order valence-corrected chi connectivity index (χ1v) is 8.18. The summed E-state index contributed by atoms with van der Waals surface area (Å²) in [5.74, 6) is -0.650. The van der Waals surface area contributed by atoms with Crippen LogP contribution < -0.4 is 0 Å². The van der Waals surface area contributed by atoms with Crippen LogP contribution in [0, 0.1) is 5.82 Å². The quantitative estimate of drug-likeness (QED) is 0.912. The maximum Gasteiger partial charge on any atom is 0.254 e. The molecule has 0 saturated carbocycles. The van der Waals surface area contributed by atoms with Crippen molar-refractivity contribution < 1.29 is 19.1 Å². The molecule has 6 heteroatoms. The van der Waals surface area contributed by atoms with Crippen molar-refractivity contribution in [3.05, 3.63) is 65.5 Å². The fourth-order valence-electron chi connectivity index (χ4n) is 2.92. The topological polar surface area (TPSA) is 60.9 Å². The van der Waals surface area contributed by atoms with Crippen molar-refractivity contribution in [2.24, 2.45) is 0 Å². The van der Waals surface area contributed by atoms with Crippen LogP contribution in [0.1, 0.15) is 27.1 Å². The number of hydrogen-bond donors (Lipinski definition) is 1. The van der Waals surface area contributed by atoms with Crippen LogP contribution in [0.25, 0.3) is 0 Å². The smallest absolute Gasteiger partial charge is 0.254 e. The summed E-state index contributed by atoms with van der Waals surface area (Å²) >= 11 is 0. The summed E-state index contributed by atoms with van der Waals surface area (Å²) in [6, 6.07) is 11.7. The lowest BCUT2D eigenvalue weighted by molar-refractivity contribution is 0.0718. The first-order chi connectivity index (χ1) is 12.0. The predicted molar refractivity (Wildman–Crippen MR) is 90.9 cm³/mol. The molecule has 1 fully saturated rings. The molecule has 3 rings (SSSR count). The van der Waals surface area contributed by atoms with E-state index < -0.39 is 0 Å². The molecule has 1 heterocycles. The van der Waals surface area contributed by atoms with Gasteiger partial charge in [0.25, 0.3) is 11.8 Å². The number of amides is 2. The molecule has 2 aromatic carbocycles. The minimum Gasteiger partial charge on any atom is -0.508 e. The monoisotopic (exact) mass is 342 g/mol. The molecule has 130 valence electrons. The average molecular weight is 342 g/mol. The number of hydrogen-bond acceptors (Lipinski definition) is 3. The van der Waals surface area contributed by atoms with E-state index in [1.165, 1.54) is 36.4 Å². The van der Waals surface area contributed by atoms with Gasteiger partial charge in [-0.3, -0.25) is 9.59 Å². The third kappa shape index (κ3) is 3.96. The van der Waals surface area contributed by atoms with Crippen LogP contribution in [-0.4, -0.2) is 52.9 Å². The Balaban J connectivity index is 1.67. The molecular formula is C19H19FN2O3. The fourth-order valence-corrected chi connectivity index (χ4v) is 2.92. The van der Waals surface area contributed by atoms with Gasteiger partial charge in [0.2, 0.25) is 0 Å². The number of rotatable bonds is 2. The average Bonchev–Trinajstić information content (AvgIpc) is 2.87. The molecule has 2 aromatic rings.